The zero-order valence-corrected chi connectivity index (χ0v) is 11.6. The molecule has 0 saturated heterocycles. The third kappa shape index (κ3) is 10.0. The second-order valence-corrected chi connectivity index (χ2v) is 4.23. The van der Waals surface area contributed by atoms with E-state index in [1.807, 2.05) is 0 Å². The quantitative estimate of drug-likeness (QED) is 0.524. The van der Waals surface area contributed by atoms with Crippen molar-refractivity contribution in [1.29, 1.82) is 0 Å². The lowest BCUT2D eigenvalue weighted by atomic mass is 10.3. The Kier molecular flexibility index (Phi) is 10.3. The Morgan fingerprint density at radius 1 is 1.11 bits per heavy atom. The van der Waals surface area contributed by atoms with Crippen LogP contribution >= 0.6 is 0 Å². The summed E-state index contributed by atoms with van der Waals surface area (Å²) in [5, 5.41) is 5.88. The van der Waals surface area contributed by atoms with Gasteiger partial charge in [-0.2, -0.15) is 0 Å². The predicted molar refractivity (Wildman–Crippen MR) is 70.3 cm³/mol. The van der Waals surface area contributed by atoms with Crippen LogP contribution in [-0.2, 0) is 14.3 Å². The van der Waals surface area contributed by atoms with Gasteiger partial charge >= 0.3 is 0 Å². The Morgan fingerprint density at radius 2 is 1.83 bits per heavy atom. The highest BCUT2D eigenvalue weighted by Crippen LogP contribution is 1.91. The van der Waals surface area contributed by atoms with Crippen LogP contribution in [0.4, 0.5) is 0 Å². The largest absolute Gasteiger partial charge is 0.383 e. The zero-order chi connectivity index (χ0) is 13.8. The minimum atomic E-state index is 0.0175. The van der Waals surface area contributed by atoms with Crippen LogP contribution in [-0.4, -0.2) is 64.2 Å². The lowest BCUT2D eigenvalue weighted by Gasteiger charge is -2.10. The van der Waals surface area contributed by atoms with Gasteiger partial charge in [-0.05, 0) is 13.0 Å². The fraction of sp³-hybridized carbons (Fsp3) is 0.833. The number of hydrogen-bond acceptors (Lipinski definition) is 4. The molecule has 0 aliphatic heterocycles. The molecule has 6 nitrogen and oxygen atoms in total. The topological polar surface area (TPSA) is 70.7 Å². The summed E-state index contributed by atoms with van der Waals surface area (Å²) in [4.78, 5) is 24.1. The van der Waals surface area contributed by atoms with Gasteiger partial charge in [-0.25, -0.2) is 0 Å². The predicted octanol–water partition coefficient (Wildman–Crippen LogP) is -0.403. The number of hydrogen-bond donors (Lipinski definition) is 2. The molecule has 6 heteroatoms. The molecule has 106 valence electrons. The van der Waals surface area contributed by atoms with E-state index in [0.29, 0.717) is 32.5 Å². The van der Waals surface area contributed by atoms with Crippen molar-refractivity contribution >= 4 is 11.8 Å². The van der Waals surface area contributed by atoms with Gasteiger partial charge in [-0.1, -0.05) is 0 Å². The zero-order valence-electron chi connectivity index (χ0n) is 11.6. The summed E-state index contributed by atoms with van der Waals surface area (Å²) in [5.74, 6) is 0.151. The highest BCUT2D eigenvalue weighted by Gasteiger charge is 2.03. The molecule has 0 aromatic heterocycles. The van der Waals surface area contributed by atoms with Crippen molar-refractivity contribution in [2.24, 2.45) is 0 Å². The molecule has 0 bridgehead atoms. The Balaban J connectivity index is 3.29. The van der Waals surface area contributed by atoms with Gasteiger partial charge in [-0.15, -0.1) is 0 Å². The average molecular weight is 259 g/mol. The van der Waals surface area contributed by atoms with Crippen LogP contribution < -0.4 is 10.6 Å². The van der Waals surface area contributed by atoms with Crippen molar-refractivity contribution in [3.63, 3.8) is 0 Å². The Labute approximate surface area is 109 Å². The molecule has 0 aliphatic carbocycles. The highest BCUT2D eigenvalue weighted by molar-refractivity contribution is 5.76. The number of rotatable bonds is 10. The van der Waals surface area contributed by atoms with Crippen LogP contribution in [0.2, 0.25) is 0 Å². The van der Waals surface area contributed by atoms with E-state index >= 15 is 0 Å². The fourth-order valence-electron chi connectivity index (χ4n) is 1.30. The van der Waals surface area contributed by atoms with Crippen molar-refractivity contribution in [3.8, 4) is 0 Å². The summed E-state index contributed by atoms with van der Waals surface area (Å²) < 4.78 is 4.83. The molecule has 2 amide bonds. The van der Waals surface area contributed by atoms with Crippen LogP contribution in [0.25, 0.3) is 0 Å². The average Bonchev–Trinajstić information content (AvgIpc) is 2.33. The molecule has 0 heterocycles. The van der Waals surface area contributed by atoms with Gasteiger partial charge in [0.15, 0.2) is 0 Å². The fourth-order valence-corrected chi connectivity index (χ4v) is 1.30. The monoisotopic (exact) mass is 259 g/mol. The van der Waals surface area contributed by atoms with E-state index in [1.165, 1.54) is 0 Å². The molecule has 0 aromatic carbocycles. The summed E-state index contributed by atoms with van der Waals surface area (Å²) in [7, 11) is 5.10. The first-order valence-electron chi connectivity index (χ1n) is 6.24. The second kappa shape index (κ2) is 11.0. The van der Waals surface area contributed by atoms with Gasteiger partial charge in [0, 0.05) is 47.1 Å². The molecule has 0 aromatic rings. The number of ether oxygens (including phenoxy) is 1. The number of nitrogens with one attached hydrogen (secondary N) is 2. The van der Waals surface area contributed by atoms with Crippen LogP contribution in [0, 0.1) is 0 Å². The van der Waals surface area contributed by atoms with Gasteiger partial charge in [0.1, 0.15) is 0 Å². The number of nitrogens with zero attached hydrogens (tertiary/aromatic N) is 1. The Bertz CT molecular complexity index is 245. The first-order chi connectivity index (χ1) is 8.57. The molecule has 18 heavy (non-hydrogen) atoms. The summed E-state index contributed by atoms with van der Waals surface area (Å²) in [6, 6.07) is 0. The van der Waals surface area contributed by atoms with Crippen molar-refractivity contribution in [2.45, 2.75) is 19.3 Å². The normalized spacial score (nSPS) is 10.2. The summed E-state index contributed by atoms with van der Waals surface area (Å²) in [5.41, 5.74) is 0. The molecular weight excluding hydrogens is 234 g/mol. The van der Waals surface area contributed by atoms with Crippen molar-refractivity contribution in [2.75, 3.05) is 47.4 Å². The van der Waals surface area contributed by atoms with Crippen molar-refractivity contribution in [3.05, 3.63) is 0 Å². The van der Waals surface area contributed by atoms with E-state index in [0.717, 1.165) is 13.0 Å². The molecule has 2 N–H and O–H groups in total. The number of carbonyl (C=O) groups is 2. The summed E-state index contributed by atoms with van der Waals surface area (Å²) >= 11 is 0. The van der Waals surface area contributed by atoms with Gasteiger partial charge in [0.25, 0.3) is 0 Å². The maximum absolute atomic E-state index is 11.3. The van der Waals surface area contributed by atoms with Crippen LogP contribution in [0.15, 0.2) is 0 Å². The van der Waals surface area contributed by atoms with Crippen LogP contribution in [0.5, 0.6) is 0 Å². The maximum atomic E-state index is 11.3. The molecule has 0 aliphatic rings. The molecule has 0 unspecified atom stereocenters. The minimum absolute atomic E-state index is 0.0175. The molecular formula is C12H25N3O3. The van der Waals surface area contributed by atoms with E-state index in [9.17, 15) is 9.59 Å². The van der Waals surface area contributed by atoms with Gasteiger partial charge in [0.2, 0.25) is 11.8 Å². The van der Waals surface area contributed by atoms with E-state index < -0.39 is 0 Å². The Morgan fingerprint density at radius 3 is 2.44 bits per heavy atom. The van der Waals surface area contributed by atoms with Crippen molar-refractivity contribution < 1.29 is 14.3 Å². The van der Waals surface area contributed by atoms with Crippen LogP contribution in [0.1, 0.15) is 19.3 Å². The summed E-state index contributed by atoms with van der Waals surface area (Å²) in [6.45, 7) is 2.47. The molecule has 0 fully saturated rings. The lowest BCUT2D eigenvalue weighted by Crippen LogP contribution is -2.30. The number of methoxy groups -OCH3 is 1. The van der Waals surface area contributed by atoms with Gasteiger partial charge in [0.05, 0.1) is 6.61 Å². The van der Waals surface area contributed by atoms with E-state index in [4.69, 9.17) is 4.74 Å². The minimum Gasteiger partial charge on any atom is -0.383 e. The molecule has 0 atom stereocenters. The smallest absolute Gasteiger partial charge is 0.222 e. The molecule has 0 saturated carbocycles. The second-order valence-electron chi connectivity index (χ2n) is 4.23. The third-order valence-electron chi connectivity index (χ3n) is 2.40. The maximum Gasteiger partial charge on any atom is 0.222 e. The van der Waals surface area contributed by atoms with Gasteiger partial charge in [-0.3, -0.25) is 9.59 Å². The highest BCUT2D eigenvalue weighted by atomic mass is 16.5. The SMILES string of the molecule is COCCNC(=O)CCNCCCC(=O)N(C)C. The molecule has 0 radical (unpaired) electrons. The number of carbonyl (C=O) groups excluding carboxylic acids is 2. The third-order valence-corrected chi connectivity index (χ3v) is 2.40. The van der Waals surface area contributed by atoms with E-state index in [2.05, 4.69) is 10.6 Å². The molecule has 0 rings (SSSR count). The first kappa shape index (κ1) is 16.9. The standard InChI is InChI=1S/C12H25N3O3/c1-15(2)12(17)5-4-7-13-8-6-11(16)14-9-10-18-3/h13H,4-10H2,1-3H3,(H,14,16). The Hall–Kier alpha value is -1.14. The number of amides is 2. The lowest BCUT2D eigenvalue weighted by molar-refractivity contribution is -0.128. The van der Waals surface area contributed by atoms with Crippen molar-refractivity contribution in [1.82, 2.24) is 15.5 Å². The summed E-state index contributed by atoms with van der Waals surface area (Å²) in [6.07, 6.45) is 1.79. The first-order valence-corrected chi connectivity index (χ1v) is 6.24. The molecule has 0 spiro atoms. The van der Waals surface area contributed by atoms with Gasteiger partial charge < -0.3 is 20.3 Å². The van der Waals surface area contributed by atoms with E-state index in [-0.39, 0.29) is 11.8 Å². The van der Waals surface area contributed by atoms with E-state index in [1.54, 1.807) is 26.1 Å². The van der Waals surface area contributed by atoms with Crippen LogP contribution in [0.3, 0.4) is 0 Å².